The Bertz CT molecular complexity index is 649. The van der Waals surface area contributed by atoms with Crippen LogP contribution in [0.3, 0.4) is 0 Å². The van der Waals surface area contributed by atoms with E-state index in [1.807, 2.05) is 29.8 Å². The van der Waals surface area contributed by atoms with Crippen molar-refractivity contribution in [2.75, 3.05) is 13.7 Å². The summed E-state index contributed by atoms with van der Waals surface area (Å²) in [5.41, 5.74) is 3.15. The molecule has 1 heterocycles. The first kappa shape index (κ1) is 15.0. The Labute approximate surface area is 123 Å². The Morgan fingerprint density at radius 2 is 2.14 bits per heavy atom. The number of carbonyl (C=O) groups excluding carboxylic acids is 2. The van der Waals surface area contributed by atoms with Gasteiger partial charge < -0.3 is 14.6 Å². The third kappa shape index (κ3) is 4.05. The van der Waals surface area contributed by atoms with Crippen molar-refractivity contribution in [1.82, 2.24) is 14.9 Å². The second-order valence-electron chi connectivity index (χ2n) is 4.85. The van der Waals surface area contributed by atoms with Gasteiger partial charge in [0.25, 0.3) is 0 Å². The number of amides is 1. The van der Waals surface area contributed by atoms with Crippen LogP contribution in [0.1, 0.15) is 18.4 Å². The number of imidazole rings is 1. The van der Waals surface area contributed by atoms with Gasteiger partial charge in [-0.3, -0.25) is 9.59 Å². The van der Waals surface area contributed by atoms with Crippen molar-refractivity contribution in [1.29, 1.82) is 0 Å². The summed E-state index contributed by atoms with van der Waals surface area (Å²) in [5, 5.41) is 2.79. The Kier molecular flexibility index (Phi) is 4.92. The Balaban J connectivity index is 1.79. The molecule has 1 amide bonds. The molecule has 0 radical (unpaired) electrons. The first-order valence-electron chi connectivity index (χ1n) is 6.83. The lowest BCUT2D eigenvalue weighted by molar-refractivity contribution is -0.142. The number of nitrogens with zero attached hydrogens (tertiary/aromatic N) is 2. The van der Waals surface area contributed by atoms with Gasteiger partial charge in [0.15, 0.2) is 0 Å². The van der Waals surface area contributed by atoms with Crippen molar-refractivity contribution in [3.63, 3.8) is 0 Å². The van der Waals surface area contributed by atoms with Crippen LogP contribution in [0.25, 0.3) is 11.0 Å². The van der Waals surface area contributed by atoms with E-state index < -0.39 is 0 Å². The van der Waals surface area contributed by atoms with Crippen LogP contribution in [-0.4, -0.2) is 35.1 Å². The largest absolute Gasteiger partial charge is 0.469 e. The highest BCUT2D eigenvalue weighted by Gasteiger charge is 2.06. The first-order chi connectivity index (χ1) is 10.1. The molecule has 6 nitrogen and oxygen atoms in total. The topological polar surface area (TPSA) is 73.2 Å². The monoisotopic (exact) mass is 289 g/mol. The van der Waals surface area contributed by atoms with Gasteiger partial charge in [-0.15, -0.1) is 0 Å². The molecule has 0 aliphatic carbocycles. The zero-order chi connectivity index (χ0) is 15.2. The van der Waals surface area contributed by atoms with Crippen molar-refractivity contribution in [3.8, 4) is 0 Å². The lowest BCUT2D eigenvalue weighted by atomic mass is 10.1. The second-order valence-corrected chi connectivity index (χ2v) is 4.85. The summed E-state index contributed by atoms with van der Waals surface area (Å²) in [4.78, 5) is 26.8. The summed E-state index contributed by atoms with van der Waals surface area (Å²) in [6.45, 7) is 0.540. The number of hydrogen-bond donors (Lipinski definition) is 1. The summed E-state index contributed by atoms with van der Waals surface area (Å²) in [6, 6.07) is 6.08. The van der Waals surface area contributed by atoms with Gasteiger partial charge in [-0.05, 0) is 24.1 Å². The molecule has 0 fully saturated rings. The lowest BCUT2D eigenvalue weighted by Gasteiger charge is -2.05. The van der Waals surface area contributed by atoms with Crippen molar-refractivity contribution in [3.05, 3.63) is 30.1 Å². The number of carbonyl (C=O) groups is 2. The summed E-state index contributed by atoms with van der Waals surface area (Å²) < 4.78 is 6.46. The van der Waals surface area contributed by atoms with E-state index in [0.717, 1.165) is 23.0 Å². The van der Waals surface area contributed by atoms with Crippen LogP contribution in [0, 0.1) is 0 Å². The number of esters is 1. The zero-order valence-electron chi connectivity index (χ0n) is 12.3. The Morgan fingerprint density at radius 1 is 1.33 bits per heavy atom. The number of rotatable bonds is 6. The minimum absolute atomic E-state index is 0.113. The van der Waals surface area contributed by atoms with E-state index in [4.69, 9.17) is 0 Å². The van der Waals surface area contributed by atoms with Gasteiger partial charge >= 0.3 is 5.97 Å². The van der Waals surface area contributed by atoms with Crippen LogP contribution in [0.2, 0.25) is 0 Å². The molecule has 1 N–H and O–H groups in total. The fourth-order valence-electron chi connectivity index (χ4n) is 2.09. The molecule has 0 spiro atoms. The Morgan fingerprint density at radius 3 is 2.90 bits per heavy atom. The number of aromatic nitrogens is 2. The van der Waals surface area contributed by atoms with Gasteiger partial charge in [0.2, 0.25) is 5.91 Å². The molecular formula is C15H19N3O3. The van der Waals surface area contributed by atoms with Crippen LogP contribution >= 0.6 is 0 Å². The fourth-order valence-corrected chi connectivity index (χ4v) is 2.09. The molecule has 2 rings (SSSR count). The number of hydrogen-bond acceptors (Lipinski definition) is 4. The van der Waals surface area contributed by atoms with Gasteiger partial charge in [-0.25, -0.2) is 4.98 Å². The molecule has 0 unspecified atom stereocenters. The van der Waals surface area contributed by atoms with E-state index in [1.54, 1.807) is 6.33 Å². The van der Waals surface area contributed by atoms with E-state index >= 15 is 0 Å². The molecule has 0 saturated heterocycles. The highest BCUT2D eigenvalue weighted by molar-refractivity contribution is 5.81. The van der Waals surface area contributed by atoms with Crippen molar-refractivity contribution < 1.29 is 14.3 Å². The molecule has 1 aromatic heterocycles. The molecule has 0 aliphatic heterocycles. The SMILES string of the molecule is COC(=O)CCC(=O)NCCc1ccc2c(c1)ncn2C. The number of benzene rings is 1. The molecule has 0 bridgehead atoms. The van der Waals surface area contributed by atoms with Crippen LogP contribution < -0.4 is 5.32 Å². The molecular weight excluding hydrogens is 270 g/mol. The number of nitrogens with one attached hydrogen (secondary N) is 1. The molecule has 21 heavy (non-hydrogen) atoms. The van der Waals surface area contributed by atoms with E-state index in [0.29, 0.717) is 6.54 Å². The normalized spacial score (nSPS) is 10.6. The summed E-state index contributed by atoms with van der Waals surface area (Å²) in [5.74, 6) is -0.509. The second kappa shape index (κ2) is 6.88. The van der Waals surface area contributed by atoms with Gasteiger partial charge in [-0.1, -0.05) is 6.07 Å². The van der Waals surface area contributed by atoms with Gasteiger partial charge in [0.1, 0.15) is 0 Å². The summed E-state index contributed by atoms with van der Waals surface area (Å²) >= 11 is 0. The van der Waals surface area contributed by atoms with Gasteiger partial charge in [0.05, 0.1) is 30.9 Å². The van der Waals surface area contributed by atoms with Gasteiger partial charge in [-0.2, -0.15) is 0 Å². The number of methoxy groups -OCH3 is 1. The van der Waals surface area contributed by atoms with E-state index in [-0.39, 0.29) is 24.7 Å². The number of ether oxygens (including phenoxy) is 1. The van der Waals surface area contributed by atoms with E-state index in [1.165, 1.54) is 7.11 Å². The van der Waals surface area contributed by atoms with E-state index in [2.05, 4.69) is 15.0 Å². The average molecular weight is 289 g/mol. The smallest absolute Gasteiger partial charge is 0.306 e. The standard InChI is InChI=1S/C15H19N3O3/c1-18-10-17-12-9-11(3-4-13(12)18)7-8-16-14(19)5-6-15(20)21-2/h3-4,9-10H,5-8H2,1-2H3,(H,16,19). The van der Waals surface area contributed by atoms with Crippen LogP contribution in [0.5, 0.6) is 0 Å². The quantitative estimate of drug-likeness (QED) is 0.811. The summed E-state index contributed by atoms with van der Waals surface area (Å²) in [6.07, 6.45) is 2.79. The number of aryl methyl sites for hydroxylation is 1. The van der Waals surface area contributed by atoms with Crippen molar-refractivity contribution in [2.24, 2.45) is 7.05 Å². The lowest BCUT2D eigenvalue weighted by Crippen LogP contribution is -2.26. The minimum Gasteiger partial charge on any atom is -0.469 e. The minimum atomic E-state index is -0.370. The van der Waals surface area contributed by atoms with Crippen LogP contribution in [0.15, 0.2) is 24.5 Å². The Hall–Kier alpha value is -2.37. The van der Waals surface area contributed by atoms with E-state index in [9.17, 15) is 9.59 Å². The fraction of sp³-hybridized carbons (Fsp3) is 0.400. The van der Waals surface area contributed by atoms with Crippen LogP contribution in [-0.2, 0) is 27.8 Å². The maximum absolute atomic E-state index is 11.5. The third-order valence-electron chi connectivity index (χ3n) is 3.31. The maximum atomic E-state index is 11.5. The predicted molar refractivity (Wildman–Crippen MR) is 78.7 cm³/mol. The molecule has 0 saturated carbocycles. The van der Waals surface area contributed by atoms with Crippen molar-refractivity contribution >= 4 is 22.9 Å². The third-order valence-corrected chi connectivity index (χ3v) is 3.31. The molecule has 0 aliphatic rings. The molecule has 6 heteroatoms. The average Bonchev–Trinajstić information content (AvgIpc) is 2.85. The molecule has 1 aromatic carbocycles. The highest BCUT2D eigenvalue weighted by Crippen LogP contribution is 2.13. The maximum Gasteiger partial charge on any atom is 0.306 e. The zero-order valence-corrected chi connectivity index (χ0v) is 12.3. The first-order valence-corrected chi connectivity index (χ1v) is 6.83. The number of fused-ring (bicyclic) bond motifs is 1. The van der Waals surface area contributed by atoms with Gasteiger partial charge in [0, 0.05) is 20.0 Å². The van der Waals surface area contributed by atoms with Crippen molar-refractivity contribution in [2.45, 2.75) is 19.3 Å². The van der Waals surface area contributed by atoms with Crippen LogP contribution in [0.4, 0.5) is 0 Å². The highest BCUT2D eigenvalue weighted by atomic mass is 16.5. The molecule has 0 atom stereocenters. The predicted octanol–water partition coefficient (Wildman–Crippen LogP) is 1.19. The molecule has 2 aromatic rings. The summed E-state index contributed by atoms with van der Waals surface area (Å²) in [7, 11) is 3.27. The molecule has 112 valence electrons.